The number of halogens is 1. The Morgan fingerprint density at radius 3 is 2.52 bits per heavy atom. The van der Waals surface area contributed by atoms with Crippen LogP contribution in [0.4, 0.5) is 10.1 Å². The van der Waals surface area contributed by atoms with Crippen LogP contribution < -0.4 is 5.32 Å². The van der Waals surface area contributed by atoms with Crippen molar-refractivity contribution in [3.05, 3.63) is 46.2 Å². The van der Waals surface area contributed by atoms with Crippen molar-refractivity contribution in [1.82, 2.24) is 4.98 Å². The standard InChI is InChI=1S/C16H19FN2OS/c1-16(2,3)13-10-21-15(19-13)9-8-14(20)18-12-6-4-11(17)5-7-12/h4-7,10H,8-9H2,1-3H3,(H,18,20). The smallest absolute Gasteiger partial charge is 0.224 e. The first-order valence-electron chi connectivity index (χ1n) is 6.85. The van der Waals surface area contributed by atoms with Crippen LogP contribution in [0.25, 0.3) is 0 Å². The maximum absolute atomic E-state index is 12.8. The van der Waals surface area contributed by atoms with E-state index in [0.29, 0.717) is 18.5 Å². The molecule has 2 rings (SSSR count). The van der Waals surface area contributed by atoms with Crippen LogP contribution in [0.15, 0.2) is 29.6 Å². The van der Waals surface area contributed by atoms with Gasteiger partial charge in [0.1, 0.15) is 5.82 Å². The van der Waals surface area contributed by atoms with E-state index in [4.69, 9.17) is 0 Å². The number of rotatable bonds is 4. The predicted octanol–water partition coefficient (Wildman–Crippen LogP) is 4.15. The van der Waals surface area contributed by atoms with Crippen LogP contribution in [-0.2, 0) is 16.6 Å². The second-order valence-electron chi connectivity index (χ2n) is 5.93. The first kappa shape index (κ1) is 15.6. The van der Waals surface area contributed by atoms with Crippen molar-refractivity contribution in [2.45, 2.75) is 39.0 Å². The van der Waals surface area contributed by atoms with E-state index < -0.39 is 0 Å². The average molecular weight is 306 g/mol. The van der Waals surface area contributed by atoms with Gasteiger partial charge in [-0.25, -0.2) is 9.37 Å². The zero-order valence-electron chi connectivity index (χ0n) is 12.4. The second kappa shape index (κ2) is 6.35. The van der Waals surface area contributed by atoms with Crippen molar-refractivity contribution < 1.29 is 9.18 Å². The molecule has 21 heavy (non-hydrogen) atoms. The molecule has 0 aliphatic carbocycles. The Morgan fingerprint density at radius 1 is 1.29 bits per heavy atom. The third kappa shape index (κ3) is 4.63. The third-order valence-corrected chi connectivity index (χ3v) is 3.92. The molecular formula is C16H19FN2OS. The van der Waals surface area contributed by atoms with Crippen molar-refractivity contribution in [2.75, 3.05) is 5.32 Å². The summed E-state index contributed by atoms with van der Waals surface area (Å²) in [5.74, 6) is -0.403. The number of amides is 1. The molecule has 1 amide bonds. The molecule has 0 unspecified atom stereocenters. The fourth-order valence-electron chi connectivity index (χ4n) is 1.75. The lowest BCUT2D eigenvalue weighted by Gasteiger charge is -2.14. The SMILES string of the molecule is CC(C)(C)c1csc(CCC(=O)Nc2ccc(F)cc2)n1. The molecule has 1 heterocycles. The van der Waals surface area contributed by atoms with Gasteiger partial charge in [0.15, 0.2) is 0 Å². The first-order valence-corrected chi connectivity index (χ1v) is 7.73. The van der Waals surface area contributed by atoms with Crippen LogP contribution in [0, 0.1) is 5.82 Å². The summed E-state index contributed by atoms with van der Waals surface area (Å²) in [5.41, 5.74) is 1.70. The fourth-order valence-corrected chi connectivity index (χ4v) is 2.77. The van der Waals surface area contributed by atoms with Gasteiger partial charge in [-0.1, -0.05) is 20.8 Å². The molecule has 0 aliphatic rings. The van der Waals surface area contributed by atoms with Crippen molar-refractivity contribution >= 4 is 22.9 Å². The molecule has 0 atom stereocenters. The molecule has 0 fully saturated rings. The van der Waals surface area contributed by atoms with Gasteiger partial charge in [-0.15, -0.1) is 11.3 Å². The lowest BCUT2D eigenvalue weighted by atomic mass is 9.93. The highest BCUT2D eigenvalue weighted by atomic mass is 32.1. The molecule has 0 spiro atoms. The highest BCUT2D eigenvalue weighted by molar-refractivity contribution is 7.09. The molecule has 112 valence electrons. The number of anilines is 1. The van der Waals surface area contributed by atoms with E-state index >= 15 is 0 Å². The molecule has 0 saturated heterocycles. The largest absolute Gasteiger partial charge is 0.326 e. The highest BCUT2D eigenvalue weighted by Gasteiger charge is 2.17. The number of nitrogens with zero attached hydrogens (tertiary/aromatic N) is 1. The van der Waals surface area contributed by atoms with E-state index in [-0.39, 0.29) is 17.1 Å². The van der Waals surface area contributed by atoms with Gasteiger partial charge >= 0.3 is 0 Å². The van der Waals surface area contributed by atoms with E-state index in [0.717, 1.165) is 10.7 Å². The van der Waals surface area contributed by atoms with Crippen molar-refractivity contribution in [2.24, 2.45) is 0 Å². The van der Waals surface area contributed by atoms with Crippen molar-refractivity contribution in [3.63, 3.8) is 0 Å². The minimum atomic E-state index is -0.314. The van der Waals surface area contributed by atoms with Crippen molar-refractivity contribution in [3.8, 4) is 0 Å². The van der Waals surface area contributed by atoms with Gasteiger partial charge in [0.2, 0.25) is 5.91 Å². The molecule has 5 heteroatoms. The van der Waals surface area contributed by atoms with Crippen LogP contribution in [0.1, 0.15) is 37.9 Å². The molecule has 1 aromatic carbocycles. The monoisotopic (exact) mass is 306 g/mol. The summed E-state index contributed by atoms with van der Waals surface area (Å²) >= 11 is 1.59. The summed E-state index contributed by atoms with van der Waals surface area (Å²) in [5, 5.41) is 5.76. The fraction of sp³-hybridized carbons (Fsp3) is 0.375. The number of hydrogen-bond donors (Lipinski definition) is 1. The molecule has 1 aromatic heterocycles. The van der Waals surface area contributed by atoms with Gasteiger partial charge in [0.25, 0.3) is 0 Å². The van der Waals surface area contributed by atoms with Crippen molar-refractivity contribution in [1.29, 1.82) is 0 Å². The summed E-state index contributed by atoms with van der Waals surface area (Å²) in [6, 6.07) is 5.75. The Kier molecular flexibility index (Phi) is 4.73. The Labute approximate surface area is 128 Å². The molecule has 0 bridgehead atoms. The van der Waals surface area contributed by atoms with Crippen LogP contribution in [0.5, 0.6) is 0 Å². The molecular weight excluding hydrogens is 287 g/mol. The number of thiazole rings is 1. The lowest BCUT2D eigenvalue weighted by molar-refractivity contribution is -0.116. The van der Waals surface area contributed by atoms with Gasteiger partial charge in [-0.2, -0.15) is 0 Å². The number of benzene rings is 1. The predicted molar refractivity (Wildman–Crippen MR) is 84.2 cm³/mol. The number of hydrogen-bond acceptors (Lipinski definition) is 3. The highest BCUT2D eigenvalue weighted by Crippen LogP contribution is 2.24. The maximum atomic E-state index is 12.8. The molecule has 0 aliphatic heterocycles. The molecule has 1 N–H and O–H groups in total. The number of aryl methyl sites for hydroxylation is 1. The van der Waals surface area contributed by atoms with E-state index in [2.05, 4.69) is 31.1 Å². The normalized spacial score (nSPS) is 11.4. The number of aromatic nitrogens is 1. The summed E-state index contributed by atoms with van der Waals surface area (Å²) in [4.78, 5) is 16.4. The molecule has 3 nitrogen and oxygen atoms in total. The Balaban J connectivity index is 1.86. The summed E-state index contributed by atoms with van der Waals surface area (Å²) in [6.07, 6.45) is 0.988. The van der Waals surface area contributed by atoms with Gasteiger partial charge in [0, 0.05) is 29.3 Å². The molecule has 0 radical (unpaired) electrons. The van der Waals surface area contributed by atoms with Crippen LogP contribution in [0.2, 0.25) is 0 Å². The van der Waals surface area contributed by atoms with E-state index in [1.165, 1.54) is 12.1 Å². The number of carbonyl (C=O) groups excluding carboxylic acids is 1. The third-order valence-electron chi connectivity index (χ3n) is 3.01. The Morgan fingerprint density at radius 2 is 1.95 bits per heavy atom. The molecule has 2 aromatic rings. The van der Waals surface area contributed by atoms with E-state index in [1.54, 1.807) is 23.5 Å². The summed E-state index contributed by atoms with van der Waals surface area (Å²) in [6.45, 7) is 6.35. The van der Waals surface area contributed by atoms with Crippen LogP contribution >= 0.6 is 11.3 Å². The lowest BCUT2D eigenvalue weighted by Crippen LogP contribution is -2.13. The topological polar surface area (TPSA) is 42.0 Å². The number of carbonyl (C=O) groups is 1. The zero-order chi connectivity index (χ0) is 15.5. The quantitative estimate of drug-likeness (QED) is 0.922. The Hall–Kier alpha value is -1.75. The van der Waals surface area contributed by atoms with E-state index in [9.17, 15) is 9.18 Å². The van der Waals surface area contributed by atoms with Gasteiger partial charge in [-0.3, -0.25) is 4.79 Å². The maximum Gasteiger partial charge on any atom is 0.224 e. The van der Waals surface area contributed by atoms with E-state index in [1.807, 2.05) is 5.38 Å². The summed E-state index contributed by atoms with van der Waals surface area (Å²) in [7, 11) is 0. The number of nitrogens with one attached hydrogen (secondary N) is 1. The Bertz CT molecular complexity index is 614. The molecule has 0 saturated carbocycles. The average Bonchev–Trinajstić information content (AvgIpc) is 2.88. The van der Waals surface area contributed by atoms with Crippen LogP contribution in [0.3, 0.4) is 0 Å². The minimum absolute atomic E-state index is 0.0329. The zero-order valence-corrected chi connectivity index (χ0v) is 13.3. The second-order valence-corrected chi connectivity index (χ2v) is 6.87. The van der Waals surface area contributed by atoms with Gasteiger partial charge in [-0.05, 0) is 24.3 Å². The first-order chi connectivity index (χ1) is 9.84. The summed E-state index contributed by atoms with van der Waals surface area (Å²) < 4.78 is 12.8. The van der Waals surface area contributed by atoms with Crippen LogP contribution in [-0.4, -0.2) is 10.9 Å². The van der Waals surface area contributed by atoms with Gasteiger partial charge in [0.05, 0.1) is 10.7 Å². The van der Waals surface area contributed by atoms with Gasteiger partial charge < -0.3 is 5.32 Å². The minimum Gasteiger partial charge on any atom is -0.326 e.